The van der Waals surface area contributed by atoms with Gasteiger partial charge in [-0.2, -0.15) is 0 Å². The van der Waals surface area contributed by atoms with Gasteiger partial charge in [0, 0.05) is 30.6 Å². The van der Waals surface area contributed by atoms with Crippen molar-refractivity contribution in [1.82, 2.24) is 10.3 Å². The van der Waals surface area contributed by atoms with Gasteiger partial charge in [-0.05, 0) is 65.4 Å². The summed E-state index contributed by atoms with van der Waals surface area (Å²) in [5.41, 5.74) is 1.50. The van der Waals surface area contributed by atoms with Gasteiger partial charge >= 0.3 is 0 Å². The molecule has 160 valence electrons. The van der Waals surface area contributed by atoms with Crippen LogP contribution in [-0.2, 0) is 0 Å². The lowest BCUT2D eigenvalue weighted by Gasteiger charge is -2.11. The molecule has 0 fully saturated rings. The zero-order chi connectivity index (χ0) is 22.5. The van der Waals surface area contributed by atoms with Crippen molar-refractivity contribution in [2.75, 3.05) is 19.5 Å². The van der Waals surface area contributed by atoms with E-state index in [1.165, 1.54) is 6.20 Å². The SMILES string of the molecule is CNC(=O)c1cc(Oc2ccc3c(C(=O)Nc4ccc(OC)cc4)cccc3c2)ccn1. The van der Waals surface area contributed by atoms with Crippen LogP contribution in [0.4, 0.5) is 5.69 Å². The van der Waals surface area contributed by atoms with Gasteiger partial charge in [-0.3, -0.25) is 14.6 Å². The first-order valence-corrected chi connectivity index (χ1v) is 9.91. The van der Waals surface area contributed by atoms with Gasteiger partial charge < -0.3 is 20.1 Å². The Balaban J connectivity index is 1.57. The van der Waals surface area contributed by atoms with Crippen LogP contribution in [0.15, 0.2) is 79.0 Å². The van der Waals surface area contributed by atoms with E-state index in [2.05, 4.69) is 15.6 Å². The van der Waals surface area contributed by atoms with E-state index in [1.807, 2.05) is 24.3 Å². The van der Waals surface area contributed by atoms with Gasteiger partial charge in [0.15, 0.2) is 0 Å². The van der Waals surface area contributed by atoms with Crippen LogP contribution < -0.4 is 20.1 Å². The van der Waals surface area contributed by atoms with Crippen LogP contribution in [0, 0.1) is 0 Å². The maximum Gasteiger partial charge on any atom is 0.269 e. The second-order valence-corrected chi connectivity index (χ2v) is 6.93. The summed E-state index contributed by atoms with van der Waals surface area (Å²) < 4.78 is 11.1. The molecule has 0 saturated heterocycles. The number of hydrogen-bond donors (Lipinski definition) is 2. The number of pyridine rings is 1. The van der Waals surface area contributed by atoms with Crippen molar-refractivity contribution in [2.45, 2.75) is 0 Å². The zero-order valence-electron chi connectivity index (χ0n) is 17.6. The number of anilines is 1. The summed E-state index contributed by atoms with van der Waals surface area (Å²) in [4.78, 5) is 28.7. The number of nitrogens with one attached hydrogen (secondary N) is 2. The van der Waals surface area contributed by atoms with Crippen LogP contribution in [0.3, 0.4) is 0 Å². The molecule has 0 aliphatic carbocycles. The van der Waals surface area contributed by atoms with Crippen molar-refractivity contribution in [1.29, 1.82) is 0 Å². The van der Waals surface area contributed by atoms with Gasteiger partial charge in [-0.1, -0.05) is 12.1 Å². The van der Waals surface area contributed by atoms with E-state index in [-0.39, 0.29) is 17.5 Å². The molecule has 4 rings (SSSR count). The minimum atomic E-state index is -0.290. The summed E-state index contributed by atoms with van der Waals surface area (Å²) in [6.45, 7) is 0. The maximum absolute atomic E-state index is 12.9. The summed E-state index contributed by atoms with van der Waals surface area (Å²) in [7, 11) is 3.14. The molecule has 0 aliphatic rings. The first-order chi connectivity index (χ1) is 15.6. The zero-order valence-corrected chi connectivity index (χ0v) is 17.6. The fourth-order valence-corrected chi connectivity index (χ4v) is 3.26. The van der Waals surface area contributed by atoms with Crippen LogP contribution in [0.5, 0.6) is 17.2 Å². The Bertz CT molecular complexity index is 1290. The number of fused-ring (bicyclic) bond motifs is 1. The Hall–Kier alpha value is -4.39. The Morgan fingerprint density at radius 3 is 2.34 bits per heavy atom. The first-order valence-electron chi connectivity index (χ1n) is 9.91. The number of benzene rings is 3. The summed E-state index contributed by atoms with van der Waals surface area (Å²) >= 11 is 0. The van der Waals surface area contributed by atoms with Crippen molar-refractivity contribution >= 4 is 28.3 Å². The third-order valence-electron chi connectivity index (χ3n) is 4.87. The van der Waals surface area contributed by atoms with Crippen molar-refractivity contribution < 1.29 is 19.1 Å². The molecular formula is C25H21N3O4. The van der Waals surface area contributed by atoms with E-state index in [1.54, 1.807) is 62.7 Å². The van der Waals surface area contributed by atoms with E-state index < -0.39 is 0 Å². The molecule has 2 amide bonds. The maximum atomic E-state index is 12.9. The summed E-state index contributed by atoms with van der Waals surface area (Å²) in [5.74, 6) is 1.29. The summed E-state index contributed by atoms with van der Waals surface area (Å²) in [5, 5.41) is 7.09. The molecule has 3 aromatic carbocycles. The topological polar surface area (TPSA) is 89.5 Å². The standard InChI is InChI=1S/C25H21N3O4/c1-26-25(30)23-15-20(12-13-27-23)32-19-10-11-21-16(14-19)4-3-5-22(21)24(29)28-17-6-8-18(31-2)9-7-17/h3-15H,1-2H3,(H,26,30)(H,28,29). The summed E-state index contributed by atoms with van der Waals surface area (Å²) in [6.07, 6.45) is 1.52. The van der Waals surface area contributed by atoms with Gasteiger partial charge in [-0.25, -0.2) is 0 Å². The molecule has 7 heteroatoms. The Labute approximate surface area is 185 Å². The average molecular weight is 427 g/mol. The number of ether oxygens (including phenoxy) is 2. The lowest BCUT2D eigenvalue weighted by atomic mass is 10.0. The van der Waals surface area contributed by atoms with Crippen LogP contribution in [0.2, 0.25) is 0 Å². The minimum Gasteiger partial charge on any atom is -0.497 e. The Kier molecular flexibility index (Phi) is 5.98. The lowest BCUT2D eigenvalue weighted by Crippen LogP contribution is -2.18. The van der Waals surface area contributed by atoms with Gasteiger partial charge in [0.05, 0.1) is 7.11 Å². The predicted octanol–water partition coefficient (Wildman–Crippen LogP) is 4.65. The molecule has 1 heterocycles. The van der Waals surface area contributed by atoms with Crippen LogP contribution >= 0.6 is 0 Å². The highest BCUT2D eigenvalue weighted by atomic mass is 16.5. The molecule has 7 nitrogen and oxygen atoms in total. The van der Waals surface area contributed by atoms with Gasteiger partial charge in [0.1, 0.15) is 22.9 Å². The fraction of sp³-hybridized carbons (Fsp3) is 0.0800. The van der Waals surface area contributed by atoms with Crippen LogP contribution in [0.25, 0.3) is 10.8 Å². The molecule has 0 saturated carbocycles. The van der Waals surface area contributed by atoms with Crippen molar-refractivity contribution in [3.05, 3.63) is 90.3 Å². The largest absolute Gasteiger partial charge is 0.497 e. The molecule has 2 N–H and O–H groups in total. The number of nitrogens with zero attached hydrogens (tertiary/aromatic N) is 1. The number of methoxy groups -OCH3 is 1. The second kappa shape index (κ2) is 9.18. The number of aromatic nitrogens is 1. The van der Waals surface area contributed by atoms with E-state index in [4.69, 9.17) is 9.47 Å². The lowest BCUT2D eigenvalue weighted by molar-refractivity contribution is 0.0957. The smallest absolute Gasteiger partial charge is 0.269 e. The molecule has 0 aliphatic heterocycles. The van der Waals surface area contributed by atoms with Crippen LogP contribution in [-0.4, -0.2) is 31.0 Å². The number of amides is 2. The third-order valence-corrected chi connectivity index (χ3v) is 4.87. The number of hydrogen-bond acceptors (Lipinski definition) is 5. The third kappa shape index (κ3) is 4.52. The number of carbonyl (C=O) groups excluding carboxylic acids is 2. The van der Waals surface area contributed by atoms with Crippen LogP contribution in [0.1, 0.15) is 20.8 Å². The summed E-state index contributed by atoms with van der Waals surface area (Å²) in [6, 6.07) is 21.4. The van der Waals surface area contributed by atoms with E-state index in [9.17, 15) is 9.59 Å². The average Bonchev–Trinajstić information content (AvgIpc) is 2.83. The highest BCUT2D eigenvalue weighted by molar-refractivity contribution is 6.13. The van der Waals surface area contributed by atoms with Gasteiger partial charge in [0.25, 0.3) is 11.8 Å². The Morgan fingerprint density at radius 2 is 1.59 bits per heavy atom. The van der Waals surface area contributed by atoms with Gasteiger partial charge in [0.2, 0.25) is 0 Å². The molecule has 0 spiro atoms. The highest BCUT2D eigenvalue weighted by Gasteiger charge is 2.12. The monoisotopic (exact) mass is 427 g/mol. The van der Waals surface area contributed by atoms with Gasteiger partial charge in [-0.15, -0.1) is 0 Å². The molecule has 4 aromatic rings. The predicted molar refractivity (Wildman–Crippen MR) is 123 cm³/mol. The molecule has 0 radical (unpaired) electrons. The molecule has 1 aromatic heterocycles. The van der Waals surface area contributed by atoms with E-state index >= 15 is 0 Å². The van der Waals surface area contributed by atoms with E-state index in [0.717, 1.165) is 16.5 Å². The van der Waals surface area contributed by atoms with E-state index in [0.29, 0.717) is 22.7 Å². The highest BCUT2D eigenvalue weighted by Crippen LogP contribution is 2.28. The normalized spacial score (nSPS) is 10.4. The Morgan fingerprint density at radius 1 is 0.844 bits per heavy atom. The molecule has 0 unspecified atom stereocenters. The molecule has 0 atom stereocenters. The molecule has 32 heavy (non-hydrogen) atoms. The minimum absolute atomic E-state index is 0.209. The molecule has 0 bridgehead atoms. The fourth-order valence-electron chi connectivity index (χ4n) is 3.26. The molecular weight excluding hydrogens is 406 g/mol. The second-order valence-electron chi connectivity index (χ2n) is 6.93. The first kappa shape index (κ1) is 20.9. The number of rotatable bonds is 6. The van der Waals surface area contributed by atoms with Crippen molar-refractivity contribution in [3.63, 3.8) is 0 Å². The number of carbonyl (C=O) groups is 2. The van der Waals surface area contributed by atoms with Crippen molar-refractivity contribution in [2.24, 2.45) is 0 Å². The van der Waals surface area contributed by atoms with Crippen molar-refractivity contribution in [3.8, 4) is 17.2 Å². The quantitative estimate of drug-likeness (QED) is 0.468.